The van der Waals surface area contributed by atoms with E-state index in [0.29, 0.717) is 46.3 Å². The number of nitrogens with zero attached hydrogens (tertiary/aromatic N) is 4. The van der Waals surface area contributed by atoms with Crippen molar-refractivity contribution in [1.82, 2.24) is 15.2 Å². The average Bonchev–Trinajstić information content (AvgIpc) is 3.78. The Morgan fingerprint density at radius 3 is 2.51 bits per heavy atom. The van der Waals surface area contributed by atoms with E-state index in [4.69, 9.17) is 32.7 Å². The minimum Gasteiger partial charge on any atom is -0.488 e. The lowest BCUT2D eigenvalue weighted by molar-refractivity contribution is -0.157. The summed E-state index contributed by atoms with van der Waals surface area (Å²) in [7, 11) is 0. The van der Waals surface area contributed by atoms with Crippen molar-refractivity contribution < 1.29 is 39.5 Å². The molecule has 0 radical (unpaired) electrons. The third-order valence-electron chi connectivity index (χ3n) is 9.96. The monoisotopic (exact) mass is 789 g/mol. The number of carboxylic acid groups (broad SMARTS) is 2. The Balaban J connectivity index is 1.16. The smallest absolute Gasteiger partial charge is 0.337 e. The second-order valence-corrected chi connectivity index (χ2v) is 14.4. The summed E-state index contributed by atoms with van der Waals surface area (Å²) in [6, 6.07) is 17.7. The fourth-order valence-electron chi connectivity index (χ4n) is 6.97. The van der Waals surface area contributed by atoms with Crippen molar-refractivity contribution in [2.75, 3.05) is 44.2 Å². The van der Waals surface area contributed by atoms with E-state index in [9.17, 15) is 35.3 Å². The molecule has 2 atom stereocenters. The van der Waals surface area contributed by atoms with Crippen molar-refractivity contribution in [2.45, 2.75) is 50.7 Å². The number of fused-ring (bicyclic) bond motifs is 1. The molecule has 2 unspecified atom stereocenters. The standard InChI is InChI=1S/C40H41Cl2N5O8/c41-32-15-28(20-45-33(21-48)38(49)50)35(54-22-26-14-25(17-43)18-44-19-26)16-36(32)55-23-27-4-1-6-31(37(27)42)29-5-2-7-34-30(29)8-12-47(34)11-3-10-46-13-9-40(53,24-46)39(51)52/h1-2,4-7,14-16,18-19,33,45,48,53H,3,8-13,20-24H2,(H,49,50)(H,51,52). The van der Waals surface area contributed by atoms with E-state index in [1.165, 1.54) is 11.8 Å². The van der Waals surface area contributed by atoms with Crippen molar-refractivity contribution in [3.63, 3.8) is 0 Å². The molecule has 2 aliphatic rings. The van der Waals surface area contributed by atoms with Gasteiger partial charge in [-0.05, 0) is 48.7 Å². The number of nitrogens with one attached hydrogen (secondary N) is 1. The van der Waals surface area contributed by atoms with Crippen LogP contribution in [0, 0.1) is 11.3 Å². The van der Waals surface area contributed by atoms with Gasteiger partial charge in [-0.1, -0.05) is 53.5 Å². The van der Waals surface area contributed by atoms with Crippen LogP contribution in [0.4, 0.5) is 5.69 Å². The first-order chi connectivity index (χ1) is 26.5. The summed E-state index contributed by atoms with van der Waals surface area (Å²) in [6.45, 7) is 2.59. The predicted molar refractivity (Wildman–Crippen MR) is 205 cm³/mol. The number of likely N-dealkylation sites (tertiary alicyclic amines) is 1. The van der Waals surface area contributed by atoms with Crippen molar-refractivity contribution in [3.05, 3.63) is 105 Å². The zero-order chi connectivity index (χ0) is 39.1. The zero-order valence-electron chi connectivity index (χ0n) is 29.9. The molecule has 0 aliphatic carbocycles. The van der Waals surface area contributed by atoms with E-state index in [2.05, 4.69) is 27.3 Å². The molecule has 15 heteroatoms. The molecule has 13 nitrogen and oxygen atoms in total. The van der Waals surface area contributed by atoms with Crippen LogP contribution < -0.4 is 19.7 Å². The predicted octanol–water partition coefficient (Wildman–Crippen LogP) is 4.89. The quantitative estimate of drug-likeness (QED) is 0.0974. The highest BCUT2D eigenvalue weighted by Crippen LogP contribution is 2.41. The first-order valence-electron chi connectivity index (χ1n) is 17.8. The SMILES string of the molecule is N#Cc1cncc(COc2cc(OCc3cccc(-c4cccc5c4CCN5CCCN4CCC(O)(C(=O)O)C4)c3Cl)c(Cl)cc2CNC(CO)C(=O)O)c1. The molecule has 288 valence electrons. The molecule has 4 aromatic rings. The Bertz CT molecular complexity index is 2100. The van der Waals surface area contributed by atoms with Crippen molar-refractivity contribution >= 4 is 40.8 Å². The molecule has 6 rings (SSSR count). The van der Waals surface area contributed by atoms with Crippen LogP contribution in [0.1, 0.15) is 40.7 Å². The maximum absolute atomic E-state index is 11.5. The molecule has 0 amide bonds. The lowest BCUT2D eigenvalue weighted by Crippen LogP contribution is -2.41. The van der Waals surface area contributed by atoms with Gasteiger partial charge in [0.25, 0.3) is 0 Å². The molecule has 55 heavy (non-hydrogen) atoms. The number of hydrogen-bond donors (Lipinski definition) is 5. The molecule has 1 aromatic heterocycles. The highest BCUT2D eigenvalue weighted by atomic mass is 35.5. The van der Waals surface area contributed by atoms with Crippen LogP contribution in [0.15, 0.2) is 67.0 Å². The first-order valence-corrected chi connectivity index (χ1v) is 18.6. The number of anilines is 1. The summed E-state index contributed by atoms with van der Waals surface area (Å²) in [6.07, 6.45) is 4.93. The highest BCUT2D eigenvalue weighted by Gasteiger charge is 2.42. The van der Waals surface area contributed by atoms with Crippen molar-refractivity contribution in [1.29, 1.82) is 5.26 Å². The highest BCUT2D eigenvalue weighted by molar-refractivity contribution is 6.34. The van der Waals surface area contributed by atoms with E-state index in [1.807, 2.05) is 35.2 Å². The number of pyridine rings is 1. The summed E-state index contributed by atoms with van der Waals surface area (Å²) in [5, 5.41) is 51.4. The summed E-state index contributed by atoms with van der Waals surface area (Å²) in [5.74, 6) is -1.72. The number of benzene rings is 3. The van der Waals surface area contributed by atoms with Crippen LogP contribution in [-0.4, -0.2) is 93.2 Å². The Labute approximate surface area is 328 Å². The van der Waals surface area contributed by atoms with Gasteiger partial charge in [0.1, 0.15) is 36.8 Å². The molecule has 0 saturated carbocycles. The van der Waals surface area contributed by atoms with Crippen LogP contribution in [0.25, 0.3) is 11.1 Å². The van der Waals surface area contributed by atoms with E-state index in [0.717, 1.165) is 48.3 Å². The Hall–Kier alpha value is -4.94. The number of aliphatic hydroxyl groups excluding tert-OH is 1. The van der Waals surface area contributed by atoms with Crippen molar-refractivity contribution in [2.24, 2.45) is 0 Å². The molecular formula is C40H41Cl2N5O8. The minimum absolute atomic E-state index is 0.0195. The van der Waals surface area contributed by atoms with Gasteiger partial charge in [0, 0.05) is 85.5 Å². The number of halogens is 2. The number of rotatable bonds is 17. The van der Waals surface area contributed by atoms with Crippen LogP contribution in [0.3, 0.4) is 0 Å². The second-order valence-electron chi connectivity index (χ2n) is 13.7. The van der Waals surface area contributed by atoms with Gasteiger partial charge >= 0.3 is 11.9 Å². The number of aromatic nitrogens is 1. The van der Waals surface area contributed by atoms with Gasteiger partial charge in [0.05, 0.1) is 22.2 Å². The molecule has 1 fully saturated rings. The molecule has 3 heterocycles. The normalized spacial score (nSPS) is 17.1. The molecule has 0 bridgehead atoms. The number of nitriles is 1. The average molecular weight is 791 g/mol. The van der Waals surface area contributed by atoms with Gasteiger partial charge in [-0.25, -0.2) is 4.79 Å². The third kappa shape index (κ3) is 9.30. The van der Waals surface area contributed by atoms with Crippen LogP contribution in [0.5, 0.6) is 11.5 Å². The topological polar surface area (TPSA) is 189 Å². The lowest BCUT2D eigenvalue weighted by atomic mass is 9.96. The van der Waals surface area contributed by atoms with Gasteiger partial charge in [0.15, 0.2) is 5.60 Å². The van der Waals surface area contributed by atoms with Crippen LogP contribution in [-0.2, 0) is 35.8 Å². The van der Waals surface area contributed by atoms with Gasteiger partial charge < -0.3 is 34.8 Å². The van der Waals surface area contributed by atoms with Gasteiger partial charge in [-0.3, -0.25) is 20.0 Å². The van der Waals surface area contributed by atoms with Crippen LogP contribution in [0.2, 0.25) is 10.0 Å². The number of carbonyl (C=O) groups is 2. The second kappa shape index (κ2) is 17.7. The Kier molecular flexibility index (Phi) is 12.8. The number of ether oxygens (including phenoxy) is 2. The molecule has 2 aliphatic heterocycles. The van der Waals surface area contributed by atoms with Crippen LogP contribution >= 0.6 is 23.2 Å². The van der Waals surface area contributed by atoms with E-state index < -0.39 is 30.2 Å². The largest absolute Gasteiger partial charge is 0.488 e. The van der Waals surface area contributed by atoms with E-state index in [1.54, 1.807) is 24.4 Å². The number of carboxylic acids is 2. The summed E-state index contributed by atoms with van der Waals surface area (Å²) >= 11 is 13.8. The Morgan fingerprint density at radius 1 is 0.982 bits per heavy atom. The fraction of sp³-hybridized carbons (Fsp3) is 0.350. The fourth-order valence-corrected chi connectivity index (χ4v) is 7.50. The molecule has 1 saturated heterocycles. The maximum Gasteiger partial charge on any atom is 0.337 e. The van der Waals surface area contributed by atoms with Gasteiger partial charge in [-0.15, -0.1) is 0 Å². The van der Waals surface area contributed by atoms with E-state index >= 15 is 0 Å². The van der Waals surface area contributed by atoms with Gasteiger partial charge in [-0.2, -0.15) is 5.26 Å². The molecule has 0 spiro atoms. The number of aliphatic carboxylic acids is 2. The first kappa shape index (κ1) is 39.7. The van der Waals surface area contributed by atoms with E-state index in [-0.39, 0.29) is 37.7 Å². The summed E-state index contributed by atoms with van der Waals surface area (Å²) < 4.78 is 12.3. The number of aliphatic hydroxyl groups is 2. The number of β-amino-alcohol motifs (C(OH)–C–C–N with tert-alkyl or cyclic N) is 1. The minimum atomic E-state index is -1.67. The lowest BCUT2D eigenvalue weighted by Gasteiger charge is -2.23. The third-order valence-corrected chi connectivity index (χ3v) is 10.7. The van der Waals surface area contributed by atoms with Crippen molar-refractivity contribution in [3.8, 4) is 28.7 Å². The summed E-state index contributed by atoms with van der Waals surface area (Å²) in [4.78, 5) is 31.3. The Morgan fingerprint density at radius 2 is 1.76 bits per heavy atom. The maximum atomic E-state index is 11.5. The number of hydrogen-bond acceptors (Lipinski definition) is 11. The van der Waals surface area contributed by atoms with Gasteiger partial charge in [0.2, 0.25) is 0 Å². The molecular weight excluding hydrogens is 749 g/mol. The molecule has 3 aromatic carbocycles. The summed E-state index contributed by atoms with van der Waals surface area (Å²) in [5.41, 5.74) is 4.84. The molecule has 5 N–H and O–H groups in total. The zero-order valence-corrected chi connectivity index (χ0v) is 31.4.